The number of urea groups is 1. The molecule has 2 rings (SSSR count). The van der Waals surface area contributed by atoms with Gasteiger partial charge in [-0.1, -0.05) is 13.0 Å². The van der Waals surface area contributed by atoms with E-state index in [-0.39, 0.29) is 25.5 Å². The van der Waals surface area contributed by atoms with E-state index >= 15 is 0 Å². The Balaban J connectivity index is 1.77. The topological polar surface area (TPSA) is 58.6 Å². The number of alkyl halides is 1. The number of methoxy groups -OCH3 is 1. The number of hydrogen-bond donors (Lipinski definition) is 1. The van der Waals surface area contributed by atoms with Crippen molar-refractivity contribution in [2.75, 3.05) is 26.7 Å². The first-order valence-electron chi connectivity index (χ1n) is 7.27. The van der Waals surface area contributed by atoms with Crippen LogP contribution in [0.4, 0.5) is 9.18 Å². The molecule has 2 amide bonds. The van der Waals surface area contributed by atoms with Crippen molar-refractivity contribution in [1.82, 2.24) is 10.2 Å². The van der Waals surface area contributed by atoms with Crippen LogP contribution in [0.1, 0.15) is 18.2 Å². The van der Waals surface area contributed by atoms with Crippen LogP contribution in [0.2, 0.25) is 0 Å². The largest absolute Gasteiger partial charge is 0.467 e. The van der Waals surface area contributed by atoms with Gasteiger partial charge in [-0.25, -0.2) is 14.0 Å². The third-order valence-electron chi connectivity index (χ3n) is 3.79. The molecule has 2 atom stereocenters. The lowest BCUT2D eigenvalue weighted by atomic mass is 10.1. The normalized spacial score (nSPS) is 22.4. The second kappa shape index (κ2) is 7.09. The van der Waals surface area contributed by atoms with E-state index in [2.05, 4.69) is 23.0 Å². The molecule has 1 fully saturated rings. The van der Waals surface area contributed by atoms with Gasteiger partial charge >= 0.3 is 12.0 Å². The lowest BCUT2D eigenvalue weighted by Crippen LogP contribution is -2.44. The number of thiophene rings is 1. The van der Waals surface area contributed by atoms with Crippen LogP contribution >= 0.6 is 11.3 Å². The van der Waals surface area contributed by atoms with Crippen molar-refractivity contribution in [3.05, 3.63) is 22.4 Å². The predicted octanol–water partition coefficient (Wildman–Crippen LogP) is 2.22. The van der Waals surface area contributed by atoms with E-state index in [1.165, 1.54) is 9.78 Å². The number of nitrogens with one attached hydrogen (secondary N) is 1. The van der Waals surface area contributed by atoms with Crippen LogP contribution in [0.3, 0.4) is 0 Å². The van der Waals surface area contributed by atoms with Gasteiger partial charge in [0.05, 0.1) is 13.7 Å². The molecule has 1 aromatic heterocycles. The first kappa shape index (κ1) is 16.7. The average Bonchev–Trinajstić information content (AvgIpc) is 3.14. The second-order valence-corrected chi connectivity index (χ2v) is 6.74. The second-order valence-electron chi connectivity index (χ2n) is 5.70. The van der Waals surface area contributed by atoms with E-state index in [1.54, 1.807) is 11.3 Å². The predicted molar refractivity (Wildman–Crippen MR) is 82.6 cm³/mol. The molecular weight excluding hydrogens is 307 g/mol. The van der Waals surface area contributed by atoms with Crippen LogP contribution in [-0.2, 0) is 16.0 Å². The molecule has 0 unspecified atom stereocenters. The molecule has 0 spiro atoms. The van der Waals surface area contributed by atoms with Crippen molar-refractivity contribution in [2.45, 2.75) is 25.4 Å². The highest BCUT2D eigenvalue weighted by molar-refractivity contribution is 7.09. The molecule has 5 nitrogen and oxygen atoms in total. The Kier molecular flexibility index (Phi) is 5.39. The number of likely N-dealkylation sites (tertiary alicyclic amines) is 1. The molecule has 7 heteroatoms. The Bertz CT molecular complexity index is 523. The summed E-state index contributed by atoms with van der Waals surface area (Å²) < 4.78 is 18.7. The number of amides is 2. The SMILES string of the molecule is COC(=O)[C@@]1(F)CCN(C(=O)NC[C@H](C)Cc2cccs2)C1. The summed E-state index contributed by atoms with van der Waals surface area (Å²) in [5.41, 5.74) is -2.07. The minimum absolute atomic E-state index is 0.0160. The molecular formula is C15H21FN2O3S. The van der Waals surface area contributed by atoms with E-state index in [0.717, 1.165) is 13.5 Å². The van der Waals surface area contributed by atoms with E-state index in [4.69, 9.17) is 0 Å². The van der Waals surface area contributed by atoms with Crippen molar-refractivity contribution >= 4 is 23.3 Å². The fourth-order valence-corrected chi connectivity index (χ4v) is 3.38. The standard InChI is InChI=1S/C15H21FN2O3S/c1-11(8-12-4-3-7-22-12)9-17-14(20)18-6-5-15(16,10-18)13(19)21-2/h3-4,7,11H,5-6,8-10H2,1-2H3,(H,17,20)/t11-,15-/m1/s1. The first-order valence-corrected chi connectivity index (χ1v) is 8.15. The zero-order valence-corrected chi connectivity index (χ0v) is 13.6. The number of hydrogen-bond acceptors (Lipinski definition) is 4. The molecule has 2 heterocycles. The highest BCUT2D eigenvalue weighted by Crippen LogP contribution is 2.27. The van der Waals surface area contributed by atoms with Crippen LogP contribution in [0, 0.1) is 5.92 Å². The smallest absolute Gasteiger partial charge is 0.345 e. The number of rotatable bonds is 5. The molecule has 0 saturated carbocycles. The fourth-order valence-electron chi connectivity index (χ4n) is 2.51. The molecule has 1 N–H and O–H groups in total. The maximum atomic E-state index is 14.3. The van der Waals surface area contributed by atoms with Crippen molar-refractivity contribution in [2.24, 2.45) is 5.92 Å². The highest BCUT2D eigenvalue weighted by atomic mass is 32.1. The summed E-state index contributed by atoms with van der Waals surface area (Å²) in [6, 6.07) is 3.74. The Morgan fingerprint density at radius 2 is 2.36 bits per heavy atom. The molecule has 1 saturated heterocycles. The number of carbonyl (C=O) groups excluding carboxylic acids is 2. The van der Waals surface area contributed by atoms with Crippen molar-refractivity contribution in [3.63, 3.8) is 0 Å². The van der Waals surface area contributed by atoms with Gasteiger partial charge in [0, 0.05) is 24.4 Å². The Morgan fingerprint density at radius 1 is 1.59 bits per heavy atom. The number of esters is 1. The molecule has 1 aromatic rings. The summed E-state index contributed by atoms with van der Waals surface area (Å²) in [5, 5.41) is 4.83. The molecule has 22 heavy (non-hydrogen) atoms. The van der Waals surface area contributed by atoms with Crippen LogP contribution in [0.5, 0.6) is 0 Å². The van der Waals surface area contributed by atoms with Gasteiger partial charge in [0.1, 0.15) is 0 Å². The van der Waals surface area contributed by atoms with Gasteiger partial charge < -0.3 is 15.0 Å². The molecule has 1 aliphatic rings. The van der Waals surface area contributed by atoms with Gasteiger partial charge in [0.15, 0.2) is 0 Å². The number of nitrogens with zero attached hydrogens (tertiary/aromatic N) is 1. The Hall–Kier alpha value is -1.63. The Morgan fingerprint density at radius 3 is 3.00 bits per heavy atom. The molecule has 0 bridgehead atoms. The van der Waals surface area contributed by atoms with Crippen LogP contribution in [-0.4, -0.2) is 49.3 Å². The van der Waals surface area contributed by atoms with Crippen molar-refractivity contribution in [1.29, 1.82) is 0 Å². The third kappa shape index (κ3) is 3.97. The maximum Gasteiger partial charge on any atom is 0.345 e. The van der Waals surface area contributed by atoms with Gasteiger partial charge in [0.2, 0.25) is 5.67 Å². The van der Waals surface area contributed by atoms with Gasteiger partial charge in [-0.3, -0.25) is 0 Å². The van der Waals surface area contributed by atoms with Crippen LogP contribution in [0.15, 0.2) is 17.5 Å². The van der Waals surface area contributed by atoms with E-state index in [0.29, 0.717) is 12.5 Å². The fraction of sp³-hybridized carbons (Fsp3) is 0.600. The first-order chi connectivity index (χ1) is 10.4. The summed E-state index contributed by atoms with van der Waals surface area (Å²) >= 11 is 1.69. The monoisotopic (exact) mass is 328 g/mol. The number of halogens is 1. The molecule has 0 radical (unpaired) electrons. The van der Waals surface area contributed by atoms with Crippen LogP contribution < -0.4 is 5.32 Å². The molecule has 1 aliphatic heterocycles. The zero-order valence-electron chi connectivity index (χ0n) is 12.8. The van der Waals surface area contributed by atoms with Gasteiger partial charge in [-0.05, 0) is 23.8 Å². The summed E-state index contributed by atoms with van der Waals surface area (Å²) in [4.78, 5) is 26.0. The third-order valence-corrected chi connectivity index (χ3v) is 4.69. The van der Waals surface area contributed by atoms with Crippen LogP contribution in [0.25, 0.3) is 0 Å². The van der Waals surface area contributed by atoms with Gasteiger partial charge in [-0.2, -0.15) is 0 Å². The van der Waals surface area contributed by atoms with Gasteiger partial charge in [-0.15, -0.1) is 11.3 Å². The quantitative estimate of drug-likeness (QED) is 0.843. The Labute approximate surface area is 133 Å². The van der Waals surface area contributed by atoms with E-state index in [1.807, 2.05) is 11.4 Å². The molecule has 122 valence electrons. The highest BCUT2D eigenvalue weighted by Gasteiger charge is 2.47. The zero-order chi connectivity index (χ0) is 16.2. The average molecular weight is 328 g/mol. The number of carbonyl (C=O) groups is 2. The van der Waals surface area contributed by atoms with Crippen molar-refractivity contribution in [3.8, 4) is 0 Å². The van der Waals surface area contributed by atoms with Crippen molar-refractivity contribution < 1.29 is 18.7 Å². The maximum absolute atomic E-state index is 14.3. The lowest BCUT2D eigenvalue weighted by molar-refractivity contribution is -0.153. The lowest BCUT2D eigenvalue weighted by Gasteiger charge is -2.20. The molecule has 0 aromatic carbocycles. The van der Waals surface area contributed by atoms with Gasteiger partial charge in [0.25, 0.3) is 0 Å². The number of ether oxygens (including phenoxy) is 1. The summed E-state index contributed by atoms with van der Waals surface area (Å²) in [7, 11) is 1.15. The summed E-state index contributed by atoms with van der Waals surface area (Å²) in [6.07, 6.45) is 0.880. The summed E-state index contributed by atoms with van der Waals surface area (Å²) in [5.74, 6) is -0.616. The minimum atomic E-state index is -2.07. The van der Waals surface area contributed by atoms with E-state index < -0.39 is 11.6 Å². The molecule has 0 aliphatic carbocycles. The minimum Gasteiger partial charge on any atom is -0.467 e. The van der Waals surface area contributed by atoms with E-state index in [9.17, 15) is 14.0 Å². The summed E-state index contributed by atoms with van der Waals surface area (Å²) in [6.45, 7) is 2.55.